The van der Waals surface area contributed by atoms with Gasteiger partial charge in [-0.3, -0.25) is 0 Å². The van der Waals surface area contributed by atoms with Crippen LogP contribution in [0, 0.1) is 5.92 Å². The molecule has 0 amide bonds. The van der Waals surface area contributed by atoms with Crippen molar-refractivity contribution in [2.75, 3.05) is 13.7 Å². The highest BCUT2D eigenvalue weighted by Crippen LogP contribution is 2.47. The first-order chi connectivity index (χ1) is 10.5. The number of hydrogen-bond donors (Lipinski definition) is 0. The third kappa shape index (κ3) is 3.17. The molecule has 1 aromatic rings. The van der Waals surface area contributed by atoms with Gasteiger partial charge < -0.3 is 9.64 Å². The lowest BCUT2D eigenvalue weighted by atomic mass is 9.76. The van der Waals surface area contributed by atoms with Crippen LogP contribution in [0.3, 0.4) is 0 Å². The zero-order valence-corrected chi connectivity index (χ0v) is 15.1. The average molecular weight is 342 g/mol. The van der Waals surface area contributed by atoms with Gasteiger partial charge in [0.1, 0.15) is 0 Å². The number of piperidine rings is 1. The first-order valence-electron chi connectivity index (χ1n) is 8.26. The van der Waals surface area contributed by atoms with Crippen molar-refractivity contribution in [3.63, 3.8) is 0 Å². The first kappa shape index (κ1) is 16.6. The van der Waals surface area contributed by atoms with Crippen LogP contribution >= 0.6 is 23.2 Å². The Hall–Kier alpha value is -0.280. The summed E-state index contributed by atoms with van der Waals surface area (Å²) >= 11 is 12.3. The number of halogens is 2. The molecule has 2 saturated heterocycles. The number of ether oxygens (including phenoxy) is 1. The molecule has 0 spiro atoms. The topological polar surface area (TPSA) is 12.5 Å². The van der Waals surface area contributed by atoms with Crippen molar-refractivity contribution in [3.05, 3.63) is 33.8 Å². The monoisotopic (exact) mass is 341 g/mol. The van der Waals surface area contributed by atoms with Crippen molar-refractivity contribution in [1.82, 2.24) is 4.90 Å². The second-order valence-electron chi connectivity index (χ2n) is 7.03. The molecule has 0 N–H and O–H groups in total. The van der Waals surface area contributed by atoms with Gasteiger partial charge in [-0.2, -0.15) is 0 Å². The van der Waals surface area contributed by atoms with Crippen LogP contribution in [0.15, 0.2) is 18.2 Å². The normalized spacial score (nSPS) is 31.9. The summed E-state index contributed by atoms with van der Waals surface area (Å²) in [4.78, 5) is 2.57. The second-order valence-corrected chi connectivity index (χ2v) is 7.84. The fraction of sp³-hybridized carbons (Fsp3) is 0.667. The van der Waals surface area contributed by atoms with Crippen molar-refractivity contribution in [1.29, 1.82) is 0 Å². The van der Waals surface area contributed by atoms with Crippen LogP contribution in [0.4, 0.5) is 0 Å². The molecular formula is C18H25Cl2NO. The third-order valence-electron chi connectivity index (χ3n) is 5.43. The molecule has 0 aromatic heterocycles. The third-order valence-corrected chi connectivity index (χ3v) is 6.16. The van der Waals surface area contributed by atoms with Crippen molar-refractivity contribution < 1.29 is 4.74 Å². The van der Waals surface area contributed by atoms with Crippen LogP contribution in [0.1, 0.15) is 44.6 Å². The van der Waals surface area contributed by atoms with E-state index in [0.717, 1.165) is 6.61 Å². The van der Waals surface area contributed by atoms with E-state index in [4.69, 9.17) is 27.9 Å². The van der Waals surface area contributed by atoms with Gasteiger partial charge in [0.15, 0.2) is 0 Å². The molecule has 1 unspecified atom stereocenters. The summed E-state index contributed by atoms with van der Waals surface area (Å²) in [5, 5.41) is 1.30. The highest BCUT2D eigenvalue weighted by Gasteiger charge is 2.46. The minimum absolute atomic E-state index is 0.277. The molecule has 0 aliphatic carbocycles. The second kappa shape index (κ2) is 6.68. The molecule has 0 saturated carbocycles. The Balaban J connectivity index is 1.87. The number of nitrogens with zero attached hydrogens (tertiary/aromatic N) is 1. The summed E-state index contributed by atoms with van der Waals surface area (Å²) in [6.45, 7) is 5.04. The van der Waals surface area contributed by atoms with E-state index < -0.39 is 0 Å². The van der Waals surface area contributed by atoms with Gasteiger partial charge in [0.05, 0.1) is 22.8 Å². The Bertz CT molecular complexity index is 534. The van der Waals surface area contributed by atoms with Gasteiger partial charge in [-0.1, -0.05) is 29.3 Å². The standard InChI is InChI=1S/C18H25Cl2NO/c1-11(2)22-10-15-14(9-13-5-7-18(15)21(13)3)12-4-6-16(19)17(20)8-12/h4,6,8,11,13-15,18H,5,7,9-10H2,1-3H3/t13?,14-,15-,18-/m1/s1. The quantitative estimate of drug-likeness (QED) is 0.765. The summed E-state index contributed by atoms with van der Waals surface area (Å²) in [6, 6.07) is 7.45. The summed E-state index contributed by atoms with van der Waals surface area (Å²) < 4.78 is 6.00. The number of rotatable bonds is 4. The summed E-state index contributed by atoms with van der Waals surface area (Å²) in [5.41, 5.74) is 1.32. The van der Waals surface area contributed by atoms with E-state index in [-0.39, 0.29) is 6.10 Å². The molecule has 22 heavy (non-hydrogen) atoms. The Kier molecular flexibility index (Phi) is 5.04. The SMILES string of the molecule is CC(C)OC[C@@H]1[C@@H](c2ccc(Cl)c(Cl)c2)CC2CC[C@H]1N2C. The van der Waals surface area contributed by atoms with Crippen LogP contribution in [0.5, 0.6) is 0 Å². The maximum absolute atomic E-state index is 6.25. The highest BCUT2D eigenvalue weighted by atomic mass is 35.5. The van der Waals surface area contributed by atoms with Crippen LogP contribution in [0.2, 0.25) is 10.0 Å². The maximum Gasteiger partial charge on any atom is 0.0595 e. The fourth-order valence-electron chi connectivity index (χ4n) is 4.23. The predicted octanol–water partition coefficient (Wildman–Crippen LogP) is 4.98. The van der Waals surface area contributed by atoms with Gasteiger partial charge in [0.2, 0.25) is 0 Å². The molecule has 2 fully saturated rings. The van der Waals surface area contributed by atoms with Crippen LogP contribution in [-0.4, -0.2) is 36.7 Å². The smallest absolute Gasteiger partial charge is 0.0595 e. The van der Waals surface area contributed by atoms with Crippen molar-refractivity contribution in [2.24, 2.45) is 5.92 Å². The lowest BCUT2D eigenvalue weighted by Crippen LogP contribution is -2.47. The molecule has 2 bridgehead atoms. The van der Waals surface area contributed by atoms with E-state index in [1.54, 1.807) is 0 Å². The van der Waals surface area contributed by atoms with Crippen molar-refractivity contribution in [3.8, 4) is 0 Å². The molecule has 122 valence electrons. The largest absolute Gasteiger partial charge is 0.378 e. The van der Waals surface area contributed by atoms with Crippen LogP contribution in [-0.2, 0) is 4.74 Å². The molecule has 4 heteroatoms. The van der Waals surface area contributed by atoms with Gasteiger partial charge >= 0.3 is 0 Å². The first-order valence-corrected chi connectivity index (χ1v) is 9.01. The van der Waals surface area contributed by atoms with Gasteiger partial charge in [-0.05, 0) is 63.8 Å². The van der Waals surface area contributed by atoms with E-state index in [1.807, 2.05) is 6.07 Å². The molecule has 1 aromatic carbocycles. The van der Waals surface area contributed by atoms with Crippen LogP contribution in [0.25, 0.3) is 0 Å². The number of hydrogen-bond acceptors (Lipinski definition) is 2. The molecule has 0 radical (unpaired) electrons. The van der Waals surface area contributed by atoms with Crippen molar-refractivity contribution >= 4 is 23.2 Å². The van der Waals surface area contributed by atoms with Crippen molar-refractivity contribution in [2.45, 2.75) is 57.2 Å². The lowest BCUT2D eigenvalue weighted by Gasteiger charge is -2.43. The minimum Gasteiger partial charge on any atom is -0.378 e. The molecule has 4 atom stereocenters. The van der Waals surface area contributed by atoms with Gasteiger partial charge in [-0.25, -0.2) is 0 Å². The van der Waals surface area contributed by atoms with Gasteiger partial charge in [0, 0.05) is 18.0 Å². The van der Waals surface area contributed by atoms with Gasteiger partial charge in [-0.15, -0.1) is 0 Å². The number of benzene rings is 1. The Labute approximate surface area is 143 Å². The number of fused-ring (bicyclic) bond motifs is 2. The van der Waals surface area contributed by atoms with E-state index in [2.05, 4.69) is 37.9 Å². The molecule has 2 nitrogen and oxygen atoms in total. The molecule has 2 heterocycles. The van der Waals surface area contributed by atoms with Gasteiger partial charge in [0.25, 0.3) is 0 Å². The zero-order chi connectivity index (χ0) is 15.9. The summed E-state index contributed by atoms with van der Waals surface area (Å²) in [5.74, 6) is 1.05. The molecular weight excluding hydrogens is 317 g/mol. The lowest BCUT2D eigenvalue weighted by molar-refractivity contribution is -0.00336. The van der Waals surface area contributed by atoms with E-state index >= 15 is 0 Å². The Morgan fingerprint density at radius 1 is 1.23 bits per heavy atom. The summed E-state index contributed by atoms with van der Waals surface area (Å²) in [6.07, 6.45) is 4.05. The van der Waals surface area contributed by atoms with E-state index in [0.29, 0.717) is 34.0 Å². The fourth-order valence-corrected chi connectivity index (χ4v) is 4.54. The Morgan fingerprint density at radius 3 is 2.68 bits per heavy atom. The van der Waals surface area contributed by atoms with E-state index in [9.17, 15) is 0 Å². The minimum atomic E-state index is 0.277. The predicted molar refractivity (Wildman–Crippen MR) is 93.0 cm³/mol. The summed E-state index contributed by atoms with van der Waals surface area (Å²) in [7, 11) is 2.27. The van der Waals surface area contributed by atoms with Crippen LogP contribution < -0.4 is 0 Å². The average Bonchev–Trinajstić information content (AvgIpc) is 2.71. The maximum atomic E-state index is 6.25. The molecule has 2 aliphatic heterocycles. The molecule has 2 aliphatic rings. The molecule has 3 rings (SSSR count). The highest BCUT2D eigenvalue weighted by molar-refractivity contribution is 6.42. The Morgan fingerprint density at radius 2 is 2.00 bits per heavy atom. The zero-order valence-electron chi connectivity index (χ0n) is 13.6. The van der Waals surface area contributed by atoms with E-state index in [1.165, 1.54) is 24.8 Å².